The van der Waals surface area contributed by atoms with Crippen LogP contribution in [0.5, 0.6) is 0 Å². The quantitative estimate of drug-likeness (QED) is 0.671. The molecule has 0 aromatic carbocycles. The third kappa shape index (κ3) is 2.69. The fraction of sp³-hybridized carbons (Fsp3) is 0.900. The first-order valence-electron chi connectivity index (χ1n) is 5.35. The maximum absolute atomic E-state index is 11.4. The lowest BCUT2D eigenvalue weighted by atomic mass is 9.96. The molecule has 1 N–H and O–H groups in total. The van der Waals surface area contributed by atoms with Crippen molar-refractivity contribution in [1.82, 2.24) is 5.32 Å². The number of hydrogen-bond donors (Lipinski definition) is 1. The van der Waals surface area contributed by atoms with Gasteiger partial charge in [0.05, 0.1) is 19.6 Å². The second-order valence-corrected chi connectivity index (χ2v) is 3.97. The third-order valence-electron chi connectivity index (χ3n) is 2.76. The van der Waals surface area contributed by atoms with Gasteiger partial charge >= 0.3 is 5.97 Å². The van der Waals surface area contributed by atoms with Crippen molar-refractivity contribution in [2.45, 2.75) is 37.8 Å². The van der Waals surface area contributed by atoms with Crippen LogP contribution in [0.4, 0.5) is 0 Å². The molecule has 80 valence electrons. The number of nitrogens with one attached hydrogen (secondary N) is 1. The Bertz CT molecular complexity index is 198. The molecule has 0 bridgehead atoms. The van der Waals surface area contributed by atoms with Gasteiger partial charge < -0.3 is 14.8 Å². The van der Waals surface area contributed by atoms with E-state index in [2.05, 4.69) is 5.32 Å². The Hall–Kier alpha value is -0.610. The maximum Gasteiger partial charge on any atom is 0.307 e. The Balaban J connectivity index is 1.64. The standard InChI is InChI=1S/C10H17NO3/c12-10(14-9-2-1-3-9)6-8-7-13-5-4-11-8/h8-9,11H,1-7H2. The number of morpholine rings is 1. The number of esters is 1. The van der Waals surface area contributed by atoms with Crippen molar-refractivity contribution in [3.05, 3.63) is 0 Å². The van der Waals surface area contributed by atoms with Crippen LogP contribution in [-0.4, -0.2) is 37.9 Å². The van der Waals surface area contributed by atoms with Crippen LogP contribution < -0.4 is 5.32 Å². The summed E-state index contributed by atoms with van der Waals surface area (Å²) in [6.45, 7) is 2.20. The number of carbonyl (C=O) groups excluding carboxylic acids is 1. The first-order valence-corrected chi connectivity index (χ1v) is 5.35. The van der Waals surface area contributed by atoms with Crippen molar-refractivity contribution >= 4 is 5.97 Å². The molecule has 1 saturated carbocycles. The highest BCUT2D eigenvalue weighted by Crippen LogP contribution is 2.22. The van der Waals surface area contributed by atoms with Crippen molar-refractivity contribution in [2.24, 2.45) is 0 Å². The minimum absolute atomic E-state index is 0.0855. The average Bonchev–Trinajstić information content (AvgIpc) is 2.13. The van der Waals surface area contributed by atoms with Crippen LogP contribution >= 0.6 is 0 Å². The normalized spacial score (nSPS) is 28.1. The summed E-state index contributed by atoms with van der Waals surface area (Å²) in [5.41, 5.74) is 0. The summed E-state index contributed by atoms with van der Waals surface area (Å²) in [7, 11) is 0. The van der Waals surface area contributed by atoms with E-state index in [4.69, 9.17) is 9.47 Å². The third-order valence-corrected chi connectivity index (χ3v) is 2.76. The van der Waals surface area contributed by atoms with Crippen LogP contribution in [0, 0.1) is 0 Å². The van der Waals surface area contributed by atoms with Crippen LogP contribution in [0.15, 0.2) is 0 Å². The minimum Gasteiger partial charge on any atom is -0.462 e. The Morgan fingerprint density at radius 1 is 1.50 bits per heavy atom. The van der Waals surface area contributed by atoms with Gasteiger partial charge in [-0.2, -0.15) is 0 Å². The van der Waals surface area contributed by atoms with Crippen LogP contribution in [0.1, 0.15) is 25.7 Å². The predicted molar refractivity (Wildman–Crippen MR) is 51.0 cm³/mol. The smallest absolute Gasteiger partial charge is 0.307 e. The molecule has 1 aliphatic heterocycles. The first-order chi connectivity index (χ1) is 6.84. The molecule has 0 spiro atoms. The van der Waals surface area contributed by atoms with Gasteiger partial charge in [0.2, 0.25) is 0 Å². The number of carbonyl (C=O) groups is 1. The van der Waals surface area contributed by atoms with Crippen LogP contribution in [0.3, 0.4) is 0 Å². The summed E-state index contributed by atoms with van der Waals surface area (Å²) in [4.78, 5) is 11.4. The van der Waals surface area contributed by atoms with Crippen molar-refractivity contribution in [1.29, 1.82) is 0 Å². The molecule has 2 rings (SSSR count). The van der Waals surface area contributed by atoms with E-state index in [-0.39, 0.29) is 18.1 Å². The van der Waals surface area contributed by atoms with Crippen molar-refractivity contribution < 1.29 is 14.3 Å². The van der Waals surface area contributed by atoms with Gasteiger partial charge in [-0.05, 0) is 19.3 Å². The van der Waals surface area contributed by atoms with E-state index in [1.54, 1.807) is 0 Å². The molecule has 1 saturated heterocycles. The summed E-state index contributed by atoms with van der Waals surface area (Å²) >= 11 is 0. The molecule has 14 heavy (non-hydrogen) atoms. The first kappa shape index (κ1) is 9.93. The lowest BCUT2D eigenvalue weighted by molar-refractivity contribution is -0.154. The summed E-state index contributed by atoms with van der Waals surface area (Å²) in [5, 5.41) is 3.23. The molecule has 1 atom stereocenters. The molecule has 0 radical (unpaired) electrons. The second kappa shape index (κ2) is 4.75. The van der Waals surface area contributed by atoms with Gasteiger partial charge in [0.15, 0.2) is 0 Å². The average molecular weight is 199 g/mol. The minimum atomic E-state index is -0.0855. The molecule has 1 heterocycles. The second-order valence-electron chi connectivity index (χ2n) is 3.97. The molecule has 1 aliphatic carbocycles. The zero-order chi connectivity index (χ0) is 9.80. The summed E-state index contributed by atoms with van der Waals surface area (Å²) in [6.07, 6.45) is 3.92. The number of ether oxygens (including phenoxy) is 2. The molecule has 1 unspecified atom stereocenters. The Kier molecular flexibility index (Phi) is 3.37. The van der Waals surface area contributed by atoms with E-state index >= 15 is 0 Å². The van der Waals surface area contributed by atoms with Gasteiger partial charge in [0, 0.05) is 12.6 Å². The van der Waals surface area contributed by atoms with Gasteiger partial charge in [-0.15, -0.1) is 0 Å². The van der Waals surface area contributed by atoms with Crippen LogP contribution in [-0.2, 0) is 14.3 Å². The van der Waals surface area contributed by atoms with E-state index < -0.39 is 0 Å². The fourth-order valence-electron chi connectivity index (χ4n) is 1.67. The molecule has 4 heteroatoms. The SMILES string of the molecule is O=C(CC1COCCN1)OC1CCC1. The summed E-state index contributed by atoms with van der Waals surface area (Å²) in [5.74, 6) is -0.0855. The molecule has 2 aliphatic rings. The van der Waals surface area contributed by atoms with E-state index in [9.17, 15) is 4.79 Å². The number of hydrogen-bond acceptors (Lipinski definition) is 4. The van der Waals surface area contributed by atoms with E-state index in [0.717, 1.165) is 26.0 Å². The van der Waals surface area contributed by atoms with Crippen LogP contribution in [0.2, 0.25) is 0 Å². The zero-order valence-corrected chi connectivity index (χ0v) is 8.33. The Labute approximate surface area is 84.0 Å². The van der Waals surface area contributed by atoms with Crippen LogP contribution in [0.25, 0.3) is 0 Å². The van der Waals surface area contributed by atoms with E-state index in [0.29, 0.717) is 13.0 Å². The summed E-state index contributed by atoms with van der Waals surface area (Å²) in [6, 6.07) is 0.149. The largest absolute Gasteiger partial charge is 0.462 e. The molecule has 4 nitrogen and oxygen atoms in total. The van der Waals surface area contributed by atoms with Crippen molar-refractivity contribution in [2.75, 3.05) is 19.8 Å². The van der Waals surface area contributed by atoms with Gasteiger partial charge in [-0.3, -0.25) is 4.79 Å². The van der Waals surface area contributed by atoms with E-state index in [1.165, 1.54) is 6.42 Å². The molecular weight excluding hydrogens is 182 g/mol. The highest BCUT2D eigenvalue weighted by atomic mass is 16.5. The molecule has 0 aromatic rings. The van der Waals surface area contributed by atoms with Crippen molar-refractivity contribution in [3.8, 4) is 0 Å². The highest BCUT2D eigenvalue weighted by Gasteiger charge is 2.24. The van der Waals surface area contributed by atoms with Crippen molar-refractivity contribution in [3.63, 3.8) is 0 Å². The molecule has 0 amide bonds. The maximum atomic E-state index is 11.4. The van der Waals surface area contributed by atoms with Gasteiger partial charge in [-0.25, -0.2) is 0 Å². The Morgan fingerprint density at radius 2 is 2.36 bits per heavy atom. The Morgan fingerprint density at radius 3 is 2.93 bits per heavy atom. The fourth-order valence-corrected chi connectivity index (χ4v) is 1.67. The lowest BCUT2D eigenvalue weighted by Gasteiger charge is -2.27. The van der Waals surface area contributed by atoms with Gasteiger partial charge in [0.1, 0.15) is 6.10 Å². The number of rotatable bonds is 3. The molecule has 0 aromatic heterocycles. The topological polar surface area (TPSA) is 47.6 Å². The lowest BCUT2D eigenvalue weighted by Crippen LogP contribution is -2.43. The highest BCUT2D eigenvalue weighted by molar-refractivity contribution is 5.70. The van der Waals surface area contributed by atoms with Gasteiger partial charge in [-0.1, -0.05) is 0 Å². The zero-order valence-electron chi connectivity index (χ0n) is 8.33. The molecular formula is C10H17NO3. The van der Waals surface area contributed by atoms with Gasteiger partial charge in [0.25, 0.3) is 0 Å². The summed E-state index contributed by atoms with van der Waals surface area (Å²) < 4.78 is 10.5. The van der Waals surface area contributed by atoms with E-state index in [1.807, 2.05) is 0 Å². The monoisotopic (exact) mass is 199 g/mol. The predicted octanol–water partition coefficient (Wildman–Crippen LogP) is 0.461. The molecule has 2 fully saturated rings.